The average molecular weight is 265 g/mol. The Bertz CT molecular complexity index is 383. The number of carbonyl (C=O) groups excluding carboxylic acids is 2. The topological polar surface area (TPSA) is 84.2 Å². The maximum atomic E-state index is 12.4. The van der Waals surface area contributed by atoms with Gasteiger partial charge in [-0.2, -0.15) is 0 Å². The number of hydrogen-bond acceptors (Lipinski definition) is 3. The minimum Gasteiger partial charge on any atom is -0.354 e. The molecule has 1 heterocycles. The number of hydrogen-bond donors (Lipinski definition) is 3. The third kappa shape index (κ3) is 2.36. The SMILES string of the molecule is NC1C2CCC(C2)C1C(=O)NC1CCCCNC1=O. The van der Waals surface area contributed by atoms with Gasteiger partial charge in [0.05, 0.1) is 5.92 Å². The van der Waals surface area contributed by atoms with Crippen LogP contribution in [0, 0.1) is 17.8 Å². The van der Waals surface area contributed by atoms with Gasteiger partial charge in [0.2, 0.25) is 11.8 Å². The lowest BCUT2D eigenvalue weighted by Crippen LogP contribution is -2.51. The molecule has 5 atom stereocenters. The molecule has 2 aliphatic carbocycles. The summed E-state index contributed by atoms with van der Waals surface area (Å²) in [7, 11) is 0. The van der Waals surface area contributed by atoms with E-state index in [2.05, 4.69) is 10.6 Å². The molecule has 3 rings (SSSR count). The lowest BCUT2D eigenvalue weighted by molar-refractivity contribution is -0.132. The molecule has 5 nitrogen and oxygen atoms in total. The largest absolute Gasteiger partial charge is 0.354 e. The minimum atomic E-state index is -0.360. The molecule has 19 heavy (non-hydrogen) atoms. The van der Waals surface area contributed by atoms with E-state index in [9.17, 15) is 9.59 Å². The summed E-state index contributed by atoms with van der Waals surface area (Å²) in [5.41, 5.74) is 6.17. The maximum Gasteiger partial charge on any atom is 0.242 e. The van der Waals surface area contributed by atoms with Crippen LogP contribution in [-0.2, 0) is 9.59 Å². The van der Waals surface area contributed by atoms with Crippen molar-refractivity contribution < 1.29 is 9.59 Å². The number of rotatable bonds is 2. The number of nitrogens with two attached hydrogens (primary N) is 1. The Morgan fingerprint density at radius 3 is 2.74 bits per heavy atom. The fourth-order valence-electron chi connectivity index (χ4n) is 4.07. The second-order valence-corrected chi connectivity index (χ2v) is 6.28. The van der Waals surface area contributed by atoms with Crippen LogP contribution in [0.1, 0.15) is 38.5 Å². The molecule has 3 fully saturated rings. The van der Waals surface area contributed by atoms with Crippen molar-refractivity contribution in [3.63, 3.8) is 0 Å². The van der Waals surface area contributed by atoms with E-state index < -0.39 is 0 Å². The predicted molar refractivity (Wildman–Crippen MR) is 71.1 cm³/mol. The smallest absolute Gasteiger partial charge is 0.242 e. The van der Waals surface area contributed by atoms with Gasteiger partial charge >= 0.3 is 0 Å². The van der Waals surface area contributed by atoms with Gasteiger partial charge in [-0.05, 0) is 50.4 Å². The van der Waals surface area contributed by atoms with Crippen molar-refractivity contribution in [3.05, 3.63) is 0 Å². The maximum absolute atomic E-state index is 12.4. The Balaban J connectivity index is 1.63. The highest BCUT2D eigenvalue weighted by Gasteiger charge is 2.49. The Morgan fingerprint density at radius 1 is 1.21 bits per heavy atom. The van der Waals surface area contributed by atoms with Crippen molar-refractivity contribution >= 4 is 11.8 Å². The minimum absolute atomic E-state index is 0.00162. The lowest BCUT2D eigenvalue weighted by atomic mass is 9.84. The van der Waals surface area contributed by atoms with Crippen molar-refractivity contribution in [3.8, 4) is 0 Å². The first-order chi connectivity index (χ1) is 9.16. The summed E-state index contributed by atoms with van der Waals surface area (Å²) >= 11 is 0. The van der Waals surface area contributed by atoms with Gasteiger partial charge in [-0.1, -0.05) is 0 Å². The number of carbonyl (C=O) groups is 2. The number of nitrogens with one attached hydrogen (secondary N) is 2. The fraction of sp³-hybridized carbons (Fsp3) is 0.857. The van der Waals surface area contributed by atoms with Gasteiger partial charge in [-0.3, -0.25) is 9.59 Å². The van der Waals surface area contributed by atoms with E-state index >= 15 is 0 Å². The molecule has 5 unspecified atom stereocenters. The van der Waals surface area contributed by atoms with Crippen molar-refractivity contribution in [2.24, 2.45) is 23.5 Å². The Morgan fingerprint density at radius 2 is 2.00 bits per heavy atom. The van der Waals surface area contributed by atoms with Crippen LogP contribution in [-0.4, -0.2) is 30.4 Å². The molecule has 1 saturated heterocycles. The monoisotopic (exact) mass is 265 g/mol. The standard InChI is InChI=1S/C14H23N3O2/c15-12-9-5-4-8(7-9)11(12)14(19)17-10-3-1-2-6-16-13(10)18/h8-12H,1-7,15H2,(H,16,18)(H,17,19). The van der Waals surface area contributed by atoms with Gasteiger partial charge in [-0.25, -0.2) is 0 Å². The normalized spacial score (nSPS) is 41.7. The zero-order valence-corrected chi connectivity index (χ0v) is 11.2. The van der Waals surface area contributed by atoms with Crippen LogP contribution in [0.2, 0.25) is 0 Å². The Labute approximate surface area is 113 Å². The van der Waals surface area contributed by atoms with Crippen LogP contribution < -0.4 is 16.4 Å². The first-order valence-electron chi connectivity index (χ1n) is 7.50. The molecule has 0 aromatic carbocycles. The van der Waals surface area contributed by atoms with Crippen molar-refractivity contribution in [1.29, 1.82) is 0 Å². The molecule has 3 aliphatic rings. The first kappa shape index (κ1) is 12.9. The van der Waals surface area contributed by atoms with E-state index in [1.54, 1.807) is 0 Å². The molecular weight excluding hydrogens is 242 g/mol. The van der Waals surface area contributed by atoms with Crippen molar-refractivity contribution in [1.82, 2.24) is 10.6 Å². The summed E-state index contributed by atoms with van der Waals surface area (Å²) in [6.07, 6.45) is 6.09. The third-order valence-electron chi connectivity index (χ3n) is 5.14. The molecule has 0 aromatic rings. The lowest BCUT2D eigenvalue weighted by Gasteiger charge is -2.28. The van der Waals surface area contributed by atoms with Gasteiger partial charge in [-0.15, -0.1) is 0 Å². The molecule has 0 radical (unpaired) electrons. The summed E-state index contributed by atoms with van der Waals surface area (Å²) in [4.78, 5) is 24.2. The Kier molecular flexibility index (Phi) is 3.48. The van der Waals surface area contributed by atoms with Crippen molar-refractivity contribution in [2.75, 3.05) is 6.54 Å². The predicted octanol–water partition coefficient (Wildman–Crippen LogP) is 0.145. The van der Waals surface area contributed by atoms with Gasteiger partial charge < -0.3 is 16.4 Å². The van der Waals surface area contributed by atoms with E-state index in [0.29, 0.717) is 11.8 Å². The van der Waals surface area contributed by atoms with E-state index in [4.69, 9.17) is 5.73 Å². The number of amides is 2. The van der Waals surface area contributed by atoms with Gasteiger partial charge in [0.25, 0.3) is 0 Å². The van der Waals surface area contributed by atoms with Crippen molar-refractivity contribution in [2.45, 2.75) is 50.6 Å². The molecule has 0 spiro atoms. The molecule has 106 valence electrons. The molecule has 1 aliphatic heterocycles. The molecule has 0 aromatic heterocycles. The highest BCUT2D eigenvalue weighted by molar-refractivity contribution is 5.89. The summed E-state index contributed by atoms with van der Waals surface area (Å²) in [6, 6.07) is -0.367. The zero-order chi connectivity index (χ0) is 13.4. The van der Waals surface area contributed by atoms with Crippen LogP contribution in [0.25, 0.3) is 0 Å². The molecule has 2 saturated carbocycles. The molecule has 2 amide bonds. The van der Waals surface area contributed by atoms with Crippen LogP contribution in [0.5, 0.6) is 0 Å². The molecule has 5 heteroatoms. The number of fused-ring (bicyclic) bond motifs is 2. The van der Waals surface area contributed by atoms with Crippen LogP contribution in [0.3, 0.4) is 0 Å². The van der Waals surface area contributed by atoms with E-state index in [1.165, 1.54) is 6.42 Å². The van der Waals surface area contributed by atoms with E-state index in [1.807, 2.05) is 0 Å². The fourth-order valence-corrected chi connectivity index (χ4v) is 4.07. The quantitative estimate of drug-likeness (QED) is 0.664. The summed E-state index contributed by atoms with van der Waals surface area (Å²) in [5, 5.41) is 5.79. The summed E-state index contributed by atoms with van der Waals surface area (Å²) in [6.45, 7) is 0.721. The van der Waals surface area contributed by atoms with E-state index in [0.717, 1.165) is 38.6 Å². The van der Waals surface area contributed by atoms with Gasteiger partial charge in [0.1, 0.15) is 6.04 Å². The van der Waals surface area contributed by atoms with Gasteiger partial charge in [0.15, 0.2) is 0 Å². The second-order valence-electron chi connectivity index (χ2n) is 6.28. The highest BCUT2D eigenvalue weighted by atomic mass is 16.2. The zero-order valence-electron chi connectivity index (χ0n) is 11.2. The third-order valence-corrected chi connectivity index (χ3v) is 5.14. The van der Waals surface area contributed by atoms with Crippen LogP contribution in [0.15, 0.2) is 0 Å². The van der Waals surface area contributed by atoms with E-state index in [-0.39, 0.29) is 29.8 Å². The first-order valence-corrected chi connectivity index (χ1v) is 7.50. The summed E-state index contributed by atoms with van der Waals surface area (Å²) < 4.78 is 0. The highest BCUT2D eigenvalue weighted by Crippen LogP contribution is 2.47. The molecular formula is C14H23N3O2. The summed E-state index contributed by atoms with van der Waals surface area (Å²) in [5.74, 6) is 0.844. The van der Waals surface area contributed by atoms with Gasteiger partial charge in [0, 0.05) is 12.6 Å². The average Bonchev–Trinajstić information content (AvgIpc) is 2.91. The van der Waals surface area contributed by atoms with Crippen LogP contribution in [0.4, 0.5) is 0 Å². The molecule has 2 bridgehead atoms. The second kappa shape index (κ2) is 5.12. The Hall–Kier alpha value is -1.10. The van der Waals surface area contributed by atoms with Crippen LogP contribution >= 0.6 is 0 Å². The molecule has 4 N–H and O–H groups in total.